The van der Waals surface area contributed by atoms with Crippen molar-refractivity contribution in [2.45, 2.75) is 69.2 Å². The first kappa shape index (κ1) is 29.5. The molecule has 0 radical (unpaired) electrons. The minimum atomic E-state index is -4.12. The van der Waals surface area contributed by atoms with Crippen molar-refractivity contribution >= 4 is 15.7 Å². The molecule has 11 heteroatoms. The number of amides is 1. The normalized spacial score (nSPS) is 23.0. The van der Waals surface area contributed by atoms with E-state index in [0.717, 1.165) is 17.5 Å². The molecule has 214 valence electrons. The zero-order chi connectivity index (χ0) is 28.5. The number of nitrogens with one attached hydrogen (secondary N) is 1. The topological polar surface area (TPSA) is 99.6 Å². The molecule has 2 aromatic rings. The molecule has 4 rings (SSSR count). The lowest BCUT2D eigenvalue weighted by molar-refractivity contribution is -0.184. The van der Waals surface area contributed by atoms with Crippen LogP contribution in [-0.4, -0.2) is 54.9 Å². The number of hydrogen-bond acceptors (Lipinski definition) is 6. The van der Waals surface area contributed by atoms with Gasteiger partial charge in [0.15, 0.2) is 9.84 Å². The Kier molecular flexibility index (Phi) is 8.73. The lowest BCUT2D eigenvalue weighted by Gasteiger charge is -2.35. The smallest absolute Gasteiger partial charge is 0.391 e. The number of carbonyl (C=O) groups is 1. The van der Waals surface area contributed by atoms with E-state index < -0.39 is 33.9 Å². The van der Waals surface area contributed by atoms with Gasteiger partial charge in [-0.2, -0.15) is 13.2 Å². The Labute approximate surface area is 227 Å². The Bertz CT molecular complexity index is 1270. The number of fused-ring (bicyclic) bond motifs is 1. The number of carbonyl (C=O) groups excluding carboxylic acids is 1. The van der Waals surface area contributed by atoms with E-state index in [0.29, 0.717) is 37.1 Å². The van der Waals surface area contributed by atoms with E-state index in [-0.39, 0.29) is 42.2 Å². The molecule has 2 N–H and O–H groups in total. The number of hydrogen-bond donors (Lipinski definition) is 2. The van der Waals surface area contributed by atoms with Crippen molar-refractivity contribution < 1.29 is 31.5 Å². The second-order valence-electron chi connectivity index (χ2n) is 11.2. The summed E-state index contributed by atoms with van der Waals surface area (Å²) in [6.07, 6.45) is -0.0435. The number of aliphatic hydroxyl groups is 1. The molecule has 2 heterocycles. The Morgan fingerprint density at radius 1 is 1.15 bits per heavy atom. The fourth-order valence-corrected chi connectivity index (χ4v) is 6.50. The number of rotatable bonds is 8. The molecule has 0 spiro atoms. The van der Waals surface area contributed by atoms with Gasteiger partial charge < -0.3 is 10.4 Å². The van der Waals surface area contributed by atoms with Crippen molar-refractivity contribution in [3.05, 3.63) is 58.9 Å². The first-order valence-electron chi connectivity index (χ1n) is 13.3. The lowest BCUT2D eigenvalue weighted by atomic mass is 9.81. The first-order valence-corrected chi connectivity index (χ1v) is 15.2. The lowest BCUT2D eigenvalue weighted by Crippen LogP contribution is -2.35. The molecule has 0 bridgehead atoms. The van der Waals surface area contributed by atoms with Crippen molar-refractivity contribution in [1.29, 1.82) is 0 Å². The summed E-state index contributed by atoms with van der Waals surface area (Å²) in [5, 5.41) is 12.7. The minimum absolute atomic E-state index is 0.0241. The predicted octanol–water partition coefficient (Wildman–Crippen LogP) is 4.83. The van der Waals surface area contributed by atoms with Crippen LogP contribution in [0.2, 0.25) is 0 Å². The van der Waals surface area contributed by atoms with Gasteiger partial charge in [-0.25, -0.2) is 8.42 Å². The van der Waals surface area contributed by atoms with E-state index in [2.05, 4.69) is 29.0 Å². The minimum Gasteiger partial charge on any atom is -0.394 e. The Morgan fingerprint density at radius 2 is 1.79 bits per heavy atom. The van der Waals surface area contributed by atoms with E-state index >= 15 is 0 Å². The van der Waals surface area contributed by atoms with Gasteiger partial charge in [0.25, 0.3) is 5.91 Å². The van der Waals surface area contributed by atoms with Crippen LogP contribution in [0.3, 0.4) is 0 Å². The number of aromatic nitrogens is 1. The number of aliphatic hydroxyl groups excluding tert-OH is 1. The average molecular weight is 568 g/mol. The van der Waals surface area contributed by atoms with Gasteiger partial charge in [-0.1, -0.05) is 26.0 Å². The quantitative estimate of drug-likeness (QED) is 0.474. The zero-order valence-corrected chi connectivity index (χ0v) is 23.2. The van der Waals surface area contributed by atoms with Crippen LogP contribution in [0.25, 0.3) is 0 Å². The fraction of sp³-hybridized carbons (Fsp3) is 0.571. The van der Waals surface area contributed by atoms with Crippen LogP contribution >= 0.6 is 0 Å². The molecule has 0 saturated heterocycles. The highest BCUT2D eigenvalue weighted by atomic mass is 32.2. The van der Waals surface area contributed by atoms with Crippen molar-refractivity contribution in [2.24, 2.45) is 17.8 Å². The second-order valence-corrected chi connectivity index (χ2v) is 13.2. The van der Waals surface area contributed by atoms with Crippen molar-refractivity contribution in [2.75, 3.05) is 19.4 Å². The molecule has 1 aromatic heterocycles. The Balaban J connectivity index is 1.44. The highest BCUT2D eigenvalue weighted by molar-refractivity contribution is 7.90. The standard InChI is InChI=1S/C28H36F3N3O4S/c1-17(2)26-25-21(15-34(26)14-18-4-8-22(9-5-18)28(29,30)31)12-20(13-32-25)27(36)33-24(16-35)19-6-10-23(11-7-19)39(3,37)38/h6-7,10-13,17-18,22,24,26,35H,4-5,8-9,14-16H2,1-3H3,(H,33,36)/t18-,22+,24-,26-/m0/s1. The van der Waals surface area contributed by atoms with E-state index in [9.17, 15) is 31.5 Å². The zero-order valence-electron chi connectivity index (χ0n) is 22.4. The molecule has 1 aliphatic heterocycles. The Hall–Kier alpha value is -2.50. The van der Waals surface area contributed by atoms with Gasteiger partial charge in [0.1, 0.15) is 0 Å². The molecule has 1 saturated carbocycles. The van der Waals surface area contributed by atoms with Gasteiger partial charge in [0.05, 0.1) is 40.8 Å². The third-order valence-corrected chi connectivity index (χ3v) is 9.07. The van der Waals surface area contributed by atoms with Crippen LogP contribution in [0.1, 0.15) is 78.8 Å². The Morgan fingerprint density at radius 3 is 2.33 bits per heavy atom. The summed E-state index contributed by atoms with van der Waals surface area (Å²) in [6.45, 7) is 5.08. The van der Waals surface area contributed by atoms with E-state index in [1.54, 1.807) is 18.2 Å². The van der Waals surface area contributed by atoms with Gasteiger partial charge in [-0.15, -0.1) is 0 Å². The predicted molar refractivity (Wildman–Crippen MR) is 141 cm³/mol. The summed E-state index contributed by atoms with van der Waals surface area (Å²) in [5.74, 6) is -1.19. The molecule has 1 amide bonds. The van der Waals surface area contributed by atoms with Crippen molar-refractivity contribution in [3.8, 4) is 0 Å². The maximum Gasteiger partial charge on any atom is 0.391 e. The van der Waals surface area contributed by atoms with Crippen LogP contribution in [0, 0.1) is 17.8 Å². The monoisotopic (exact) mass is 567 g/mol. The maximum absolute atomic E-state index is 13.1. The van der Waals surface area contributed by atoms with Crippen molar-refractivity contribution in [3.63, 3.8) is 0 Å². The fourth-order valence-electron chi connectivity index (χ4n) is 5.87. The van der Waals surface area contributed by atoms with Gasteiger partial charge in [0.2, 0.25) is 0 Å². The highest BCUT2D eigenvalue weighted by Crippen LogP contribution is 2.43. The van der Waals surface area contributed by atoms with E-state index in [1.807, 2.05) is 0 Å². The van der Waals surface area contributed by atoms with Crippen LogP contribution in [0.5, 0.6) is 0 Å². The molecule has 7 nitrogen and oxygen atoms in total. The summed E-state index contributed by atoms with van der Waals surface area (Å²) >= 11 is 0. The average Bonchev–Trinajstić information content (AvgIpc) is 3.23. The third-order valence-electron chi connectivity index (χ3n) is 7.94. The van der Waals surface area contributed by atoms with E-state index in [4.69, 9.17) is 0 Å². The molecule has 39 heavy (non-hydrogen) atoms. The number of benzene rings is 1. The van der Waals surface area contributed by atoms with Crippen LogP contribution < -0.4 is 5.32 Å². The summed E-state index contributed by atoms with van der Waals surface area (Å²) in [6, 6.07) is 7.09. The highest BCUT2D eigenvalue weighted by Gasteiger charge is 2.42. The number of pyridine rings is 1. The second kappa shape index (κ2) is 11.5. The number of halogens is 3. The molecule has 2 aliphatic rings. The summed E-state index contributed by atoms with van der Waals surface area (Å²) in [7, 11) is -3.36. The molecule has 1 aromatic carbocycles. The third kappa shape index (κ3) is 6.81. The SMILES string of the molecule is CC(C)[C@H]1c2ncc(C(=O)N[C@@H](CO)c3ccc(S(C)(=O)=O)cc3)cc2CN1C[C@H]1CC[C@@H](C(F)(F)F)CC1. The first-order chi connectivity index (χ1) is 18.3. The number of alkyl halides is 3. The van der Waals surface area contributed by atoms with Crippen molar-refractivity contribution in [1.82, 2.24) is 15.2 Å². The van der Waals surface area contributed by atoms with Gasteiger partial charge >= 0.3 is 6.18 Å². The molecule has 1 fully saturated rings. The van der Waals surface area contributed by atoms with Gasteiger partial charge in [0, 0.05) is 25.5 Å². The number of sulfone groups is 1. The maximum atomic E-state index is 13.1. The molecule has 2 atom stereocenters. The summed E-state index contributed by atoms with van der Waals surface area (Å²) < 4.78 is 62.7. The molecule has 1 aliphatic carbocycles. The van der Waals surface area contributed by atoms with E-state index in [1.165, 1.54) is 18.3 Å². The molecule has 0 unspecified atom stereocenters. The largest absolute Gasteiger partial charge is 0.394 e. The van der Waals surface area contributed by atoms with Gasteiger partial charge in [-0.3, -0.25) is 14.7 Å². The van der Waals surface area contributed by atoms with Crippen LogP contribution in [0.15, 0.2) is 41.4 Å². The van der Waals surface area contributed by atoms with Crippen LogP contribution in [-0.2, 0) is 16.4 Å². The number of nitrogens with zero attached hydrogens (tertiary/aromatic N) is 2. The summed E-state index contributed by atoms with van der Waals surface area (Å²) in [5.41, 5.74) is 2.72. The van der Waals surface area contributed by atoms with Crippen LogP contribution in [0.4, 0.5) is 13.2 Å². The molecular weight excluding hydrogens is 531 g/mol. The summed E-state index contributed by atoms with van der Waals surface area (Å²) in [4.78, 5) is 20.1. The van der Waals surface area contributed by atoms with Gasteiger partial charge in [-0.05, 0) is 66.8 Å². The molecular formula is C28H36F3N3O4S.